The van der Waals surface area contributed by atoms with Crippen LogP contribution in [0.4, 0.5) is 23.1 Å². The third kappa shape index (κ3) is 3.40. The van der Waals surface area contributed by atoms with Gasteiger partial charge in [0.25, 0.3) is 0 Å². The van der Waals surface area contributed by atoms with Gasteiger partial charge >= 0.3 is 0 Å². The fourth-order valence-corrected chi connectivity index (χ4v) is 6.25. The molecule has 2 atom stereocenters. The van der Waals surface area contributed by atoms with E-state index in [0.717, 1.165) is 58.6 Å². The molecule has 4 aliphatic rings. The molecule has 1 saturated heterocycles. The molecule has 4 aromatic rings. The lowest BCUT2D eigenvalue weighted by Crippen LogP contribution is -2.51. The van der Waals surface area contributed by atoms with E-state index in [0.29, 0.717) is 42.2 Å². The molecule has 2 aromatic carbocycles. The molecular formula is C29H29N7O4. The van der Waals surface area contributed by atoms with Gasteiger partial charge in [-0.1, -0.05) is 6.07 Å². The summed E-state index contributed by atoms with van der Waals surface area (Å²) in [5, 5.41) is 24.9. The number of rotatable bonds is 7. The molecule has 0 bridgehead atoms. The van der Waals surface area contributed by atoms with Crippen LogP contribution in [0, 0.1) is 0 Å². The quantitative estimate of drug-likeness (QED) is 0.278. The normalized spacial score (nSPS) is 23.2. The Kier molecular flexibility index (Phi) is 4.88. The van der Waals surface area contributed by atoms with Crippen molar-refractivity contribution in [1.29, 1.82) is 0 Å². The number of β-amino-alcohol motifs (C(OH)–C–C–N with tert-alkyl or cyclic N) is 1. The van der Waals surface area contributed by atoms with Gasteiger partial charge in [0.2, 0.25) is 11.7 Å². The first-order chi connectivity index (χ1) is 19.5. The van der Waals surface area contributed by atoms with Crippen molar-refractivity contribution in [2.75, 3.05) is 42.8 Å². The van der Waals surface area contributed by atoms with Gasteiger partial charge in [-0.3, -0.25) is 9.89 Å². The van der Waals surface area contributed by atoms with E-state index < -0.39 is 5.41 Å². The topological polar surface area (TPSA) is 138 Å². The van der Waals surface area contributed by atoms with E-state index >= 15 is 0 Å². The van der Waals surface area contributed by atoms with Crippen molar-refractivity contribution in [3.63, 3.8) is 0 Å². The Labute approximate surface area is 229 Å². The molecule has 11 heteroatoms. The van der Waals surface area contributed by atoms with Crippen LogP contribution in [0.5, 0.6) is 11.5 Å². The van der Waals surface area contributed by atoms with Gasteiger partial charge in [0.15, 0.2) is 17.5 Å². The van der Waals surface area contributed by atoms with E-state index in [-0.39, 0.29) is 17.9 Å². The largest absolute Gasteiger partial charge is 0.497 e. The molecule has 1 amide bonds. The number of H-pyrrole nitrogens is 1. The standard InChI is InChI=1S/C29H29N7O4/c1-39-17-6-8-21-19(10-17)29(28(38)30-21)11-20(29)15-5-7-18-22(9-15)34-35-25(18)32-26-23(40-2)27(36-12-16(37)13-36)33-24(31-26)14-3-4-14/h5-10,14,16,20,37H,3-4,11-13H2,1-2H3,(H,30,38)(H2,31,32,33,34,35)/t20-,29-/m0/s1. The number of nitrogens with one attached hydrogen (secondary N) is 3. The zero-order valence-corrected chi connectivity index (χ0v) is 22.2. The zero-order chi connectivity index (χ0) is 27.2. The second-order valence-electron chi connectivity index (χ2n) is 11.2. The van der Waals surface area contributed by atoms with Crippen LogP contribution < -0.4 is 25.0 Å². The maximum Gasteiger partial charge on any atom is 0.235 e. The predicted octanol–water partition coefficient (Wildman–Crippen LogP) is 3.55. The van der Waals surface area contributed by atoms with Crippen molar-refractivity contribution >= 4 is 40.0 Å². The van der Waals surface area contributed by atoms with Crippen molar-refractivity contribution < 1.29 is 19.4 Å². The predicted molar refractivity (Wildman–Crippen MR) is 149 cm³/mol. The molecule has 40 heavy (non-hydrogen) atoms. The Morgan fingerprint density at radius 1 is 1.07 bits per heavy atom. The summed E-state index contributed by atoms with van der Waals surface area (Å²) in [5.41, 5.74) is 3.25. The van der Waals surface area contributed by atoms with Gasteiger partial charge in [0, 0.05) is 36.0 Å². The summed E-state index contributed by atoms with van der Waals surface area (Å²) in [4.78, 5) is 24.7. The minimum Gasteiger partial charge on any atom is -0.497 e. The molecule has 4 heterocycles. The molecule has 8 rings (SSSR count). The van der Waals surface area contributed by atoms with E-state index in [4.69, 9.17) is 19.4 Å². The number of benzene rings is 2. The average Bonchev–Trinajstić information content (AvgIpc) is 3.86. The fraction of sp³-hybridized carbons (Fsp3) is 0.379. The number of aromatic nitrogens is 4. The number of aromatic amines is 1. The van der Waals surface area contributed by atoms with E-state index in [2.05, 4.69) is 33.0 Å². The van der Waals surface area contributed by atoms with Gasteiger partial charge in [0.1, 0.15) is 11.6 Å². The maximum absolute atomic E-state index is 13.1. The number of amides is 1. The average molecular weight is 540 g/mol. The fourth-order valence-electron chi connectivity index (χ4n) is 6.25. The van der Waals surface area contributed by atoms with Crippen molar-refractivity contribution in [1.82, 2.24) is 20.2 Å². The third-order valence-electron chi connectivity index (χ3n) is 8.72. The highest BCUT2D eigenvalue weighted by molar-refractivity contribution is 6.10. The van der Waals surface area contributed by atoms with E-state index in [1.54, 1.807) is 14.2 Å². The van der Waals surface area contributed by atoms with Gasteiger partial charge in [-0.05, 0) is 60.7 Å². The number of fused-ring (bicyclic) bond motifs is 3. The van der Waals surface area contributed by atoms with E-state index in [1.165, 1.54) is 0 Å². The SMILES string of the molecule is COc1ccc2c(c1)[C@]1(C[C@H]1c1ccc3c(Nc4nc(C5CC5)nc(N5CC(O)C5)c4OC)n[nH]c3c1)C(=O)N2. The molecule has 2 aromatic heterocycles. The molecule has 1 spiro atoms. The van der Waals surface area contributed by atoms with Crippen LogP contribution in [0.1, 0.15) is 48.0 Å². The summed E-state index contributed by atoms with van der Waals surface area (Å²) in [6, 6.07) is 12.0. The van der Waals surface area contributed by atoms with Crippen molar-refractivity contribution in [2.24, 2.45) is 0 Å². The molecule has 2 saturated carbocycles. The van der Waals surface area contributed by atoms with Crippen LogP contribution in [0.3, 0.4) is 0 Å². The first-order valence-corrected chi connectivity index (χ1v) is 13.6. The minimum atomic E-state index is -0.562. The van der Waals surface area contributed by atoms with Crippen molar-refractivity contribution in [3.8, 4) is 11.5 Å². The lowest BCUT2D eigenvalue weighted by atomic mass is 9.91. The number of aliphatic hydroxyl groups excluding tert-OH is 1. The molecule has 2 aliphatic heterocycles. The maximum atomic E-state index is 13.1. The number of ether oxygens (including phenoxy) is 2. The zero-order valence-electron chi connectivity index (χ0n) is 22.2. The number of carbonyl (C=O) groups excluding carboxylic acids is 1. The van der Waals surface area contributed by atoms with Crippen LogP contribution in [-0.2, 0) is 10.2 Å². The lowest BCUT2D eigenvalue weighted by Gasteiger charge is -2.37. The Bertz CT molecular complexity index is 1690. The number of nitrogens with zero attached hydrogens (tertiary/aromatic N) is 4. The molecular weight excluding hydrogens is 510 g/mol. The molecule has 4 N–H and O–H groups in total. The first kappa shape index (κ1) is 23.5. The molecule has 11 nitrogen and oxygen atoms in total. The van der Waals surface area contributed by atoms with E-state index in [9.17, 15) is 9.90 Å². The number of hydrogen-bond acceptors (Lipinski definition) is 9. The van der Waals surface area contributed by atoms with Crippen LogP contribution in [0.2, 0.25) is 0 Å². The molecule has 0 unspecified atom stereocenters. The second-order valence-corrected chi connectivity index (χ2v) is 11.2. The van der Waals surface area contributed by atoms with Crippen LogP contribution in [-0.4, -0.2) is 64.6 Å². The van der Waals surface area contributed by atoms with Crippen LogP contribution in [0.25, 0.3) is 10.9 Å². The summed E-state index contributed by atoms with van der Waals surface area (Å²) in [6.45, 7) is 1.03. The second kappa shape index (κ2) is 8.31. The third-order valence-corrected chi connectivity index (χ3v) is 8.72. The highest BCUT2D eigenvalue weighted by atomic mass is 16.5. The molecule has 204 valence electrons. The number of carbonyl (C=O) groups is 1. The van der Waals surface area contributed by atoms with Gasteiger partial charge in [-0.25, -0.2) is 9.97 Å². The lowest BCUT2D eigenvalue weighted by molar-refractivity contribution is -0.118. The Hall–Kier alpha value is -4.38. The number of aliphatic hydroxyl groups is 1. The summed E-state index contributed by atoms with van der Waals surface area (Å²) >= 11 is 0. The summed E-state index contributed by atoms with van der Waals surface area (Å²) in [6.07, 6.45) is 2.53. The Morgan fingerprint density at radius 3 is 2.67 bits per heavy atom. The highest BCUT2D eigenvalue weighted by Crippen LogP contribution is 2.65. The summed E-state index contributed by atoms with van der Waals surface area (Å²) in [7, 11) is 3.24. The highest BCUT2D eigenvalue weighted by Gasteiger charge is 2.65. The van der Waals surface area contributed by atoms with Crippen LogP contribution >= 0.6 is 0 Å². The van der Waals surface area contributed by atoms with Crippen LogP contribution in [0.15, 0.2) is 36.4 Å². The number of hydrogen-bond donors (Lipinski definition) is 4. The minimum absolute atomic E-state index is 0.0423. The van der Waals surface area contributed by atoms with Crippen molar-refractivity contribution in [2.45, 2.75) is 42.6 Å². The molecule has 2 aliphatic carbocycles. The van der Waals surface area contributed by atoms with Crippen molar-refractivity contribution in [3.05, 3.63) is 53.3 Å². The van der Waals surface area contributed by atoms with Gasteiger partial charge in [-0.2, -0.15) is 5.10 Å². The number of anilines is 4. The number of methoxy groups -OCH3 is 2. The first-order valence-electron chi connectivity index (χ1n) is 13.6. The van der Waals surface area contributed by atoms with E-state index in [1.807, 2.05) is 29.2 Å². The Morgan fingerprint density at radius 2 is 1.93 bits per heavy atom. The van der Waals surface area contributed by atoms with Gasteiger partial charge < -0.3 is 30.1 Å². The monoisotopic (exact) mass is 539 g/mol. The summed E-state index contributed by atoms with van der Waals surface area (Å²) in [5.74, 6) is 4.41. The van der Waals surface area contributed by atoms with Gasteiger partial charge in [0.05, 0.1) is 31.3 Å². The molecule has 0 radical (unpaired) electrons. The smallest absolute Gasteiger partial charge is 0.235 e. The Balaban J connectivity index is 1.11. The molecule has 3 fully saturated rings. The van der Waals surface area contributed by atoms with Gasteiger partial charge in [-0.15, -0.1) is 0 Å². The summed E-state index contributed by atoms with van der Waals surface area (Å²) < 4.78 is 11.2.